The molecule has 0 aliphatic heterocycles. The summed E-state index contributed by atoms with van der Waals surface area (Å²) in [5, 5.41) is 19.3. The van der Waals surface area contributed by atoms with Gasteiger partial charge in [0.1, 0.15) is 11.4 Å². The summed E-state index contributed by atoms with van der Waals surface area (Å²) in [6.07, 6.45) is 2.00. The van der Waals surface area contributed by atoms with Crippen LogP contribution in [-0.4, -0.2) is 33.5 Å². The second-order valence-electron chi connectivity index (χ2n) is 8.90. The number of nitriles is 1. The highest BCUT2D eigenvalue weighted by Crippen LogP contribution is 2.28. The van der Waals surface area contributed by atoms with Crippen molar-refractivity contribution in [2.24, 2.45) is 0 Å². The molecule has 0 unspecified atom stereocenters. The number of H-pyrrole nitrogens is 2. The molecule has 0 saturated carbocycles. The van der Waals surface area contributed by atoms with Gasteiger partial charge in [-0.15, -0.1) is 0 Å². The van der Waals surface area contributed by atoms with Crippen LogP contribution in [0.5, 0.6) is 5.75 Å². The quantitative estimate of drug-likeness (QED) is 0.191. The predicted octanol–water partition coefficient (Wildman–Crippen LogP) is 5.07. The molecule has 11 heteroatoms. The van der Waals surface area contributed by atoms with Crippen LogP contribution in [-0.2, 0) is 0 Å². The number of fused-ring (bicyclic) bond motifs is 1. The number of anilines is 2. The Labute approximate surface area is 227 Å². The molecule has 3 aromatic carbocycles. The van der Waals surface area contributed by atoms with Gasteiger partial charge in [0, 0.05) is 16.5 Å². The number of unbranched alkanes of at least 4 members (excludes halogenated alkanes) is 1. The second-order valence-corrected chi connectivity index (χ2v) is 8.90. The van der Waals surface area contributed by atoms with E-state index in [-0.39, 0.29) is 17.4 Å². The van der Waals surface area contributed by atoms with E-state index in [1.54, 1.807) is 42.5 Å². The van der Waals surface area contributed by atoms with E-state index in [2.05, 4.69) is 37.2 Å². The summed E-state index contributed by atoms with van der Waals surface area (Å²) in [4.78, 5) is 43.1. The Kier molecular flexibility index (Phi) is 7.41. The van der Waals surface area contributed by atoms with Gasteiger partial charge in [0.25, 0.3) is 11.8 Å². The molecule has 2 aromatic heterocycles. The normalized spacial score (nSPS) is 10.7. The molecule has 0 aliphatic rings. The van der Waals surface area contributed by atoms with E-state index in [0.717, 1.165) is 12.8 Å². The zero-order valence-corrected chi connectivity index (χ0v) is 21.4. The van der Waals surface area contributed by atoms with E-state index in [1.807, 2.05) is 12.1 Å². The molecule has 0 fully saturated rings. The smallest absolute Gasteiger partial charge is 0.439 e. The lowest BCUT2D eigenvalue weighted by atomic mass is 10.1. The fourth-order valence-corrected chi connectivity index (χ4v) is 4.07. The average molecular weight is 537 g/mol. The third kappa shape index (κ3) is 5.61. The van der Waals surface area contributed by atoms with Crippen molar-refractivity contribution >= 4 is 34.1 Å². The molecular weight excluding hydrogens is 512 g/mol. The Morgan fingerprint density at radius 2 is 1.80 bits per heavy atom. The number of amides is 2. The van der Waals surface area contributed by atoms with Crippen LogP contribution in [0.15, 0.2) is 76.0 Å². The molecule has 2 heterocycles. The molecule has 5 rings (SSSR count). The van der Waals surface area contributed by atoms with Gasteiger partial charge in [-0.3, -0.25) is 19.1 Å². The Bertz CT molecular complexity index is 1790. The fourth-order valence-electron chi connectivity index (χ4n) is 4.07. The van der Waals surface area contributed by atoms with Crippen molar-refractivity contribution in [3.05, 3.63) is 94.1 Å². The maximum atomic E-state index is 13.2. The molecule has 40 heavy (non-hydrogen) atoms. The van der Waals surface area contributed by atoms with Crippen molar-refractivity contribution in [1.82, 2.24) is 15.1 Å². The number of carbonyl (C=O) groups excluding carboxylic acids is 2. The summed E-state index contributed by atoms with van der Waals surface area (Å²) in [5.41, 5.74) is 2.69. The molecule has 11 nitrogen and oxygen atoms in total. The molecule has 0 aliphatic carbocycles. The highest BCUT2D eigenvalue weighted by Gasteiger charge is 2.17. The van der Waals surface area contributed by atoms with Gasteiger partial charge in [-0.2, -0.15) is 5.26 Å². The van der Waals surface area contributed by atoms with Gasteiger partial charge in [0.15, 0.2) is 5.82 Å². The summed E-state index contributed by atoms with van der Waals surface area (Å²) >= 11 is 0. The molecule has 0 bridgehead atoms. The molecule has 2 amide bonds. The van der Waals surface area contributed by atoms with Crippen molar-refractivity contribution in [3.63, 3.8) is 0 Å². The molecule has 4 N–H and O–H groups in total. The average Bonchev–Trinajstić information content (AvgIpc) is 3.61. The first-order valence-electron chi connectivity index (χ1n) is 12.5. The lowest BCUT2D eigenvalue weighted by Crippen LogP contribution is -2.14. The van der Waals surface area contributed by atoms with Crippen molar-refractivity contribution in [2.75, 3.05) is 17.2 Å². The molecule has 0 radical (unpaired) electrons. The van der Waals surface area contributed by atoms with Gasteiger partial charge >= 0.3 is 5.76 Å². The summed E-state index contributed by atoms with van der Waals surface area (Å²) in [6, 6.07) is 20.4. The molecule has 0 spiro atoms. The summed E-state index contributed by atoms with van der Waals surface area (Å²) < 4.78 is 10.2. The topological polar surface area (TPSA) is 166 Å². The van der Waals surface area contributed by atoms with E-state index in [0.29, 0.717) is 51.3 Å². The number of carbonyl (C=O) groups is 2. The summed E-state index contributed by atoms with van der Waals surface area (Å²) in [5.74, 6) is -0.788. The molecule has 200 valence electrons. The van der Waals surface area contributed by atoms with Crippen LogP contribution in [0.4, 0.5) is 11.4 Å². The number of hydrogen-bond acceptors (Lipinski definition) is 7. The first-order valence-corrected chi connectivity index (χ1v) is 12.5. The lowest BCUT2D eigenvalue weighted by Gasteiger charge is -2.09. The zero-order chi connectivity index (χ0) is 28.1. The van der Waals surface area contributed by atoms with Crippen molar-refractivity contribution in [2.45, 2.75) is 19.8 Å². The molecule has 5 aromatic rings. The minimum absolute atomic E-state index is 0.0691. The molecule has 0 atom stereocenters. The van der Waals surface area contributed by atoms with Crippen molar-refractivity contribution in [3.8, 4) is 23.2 Å². The van der Waals surface area contributed by atoms with Crippen LogP contribution in [0.3, 0.4) is 0 Å². The number of nitrogens with one attached hydrogen (secondary N) is 4. The highest BCUT2D eigenvalue weighted by atomic mass is 16.5. The number of hydrogen-bond donors (Lipinski definition) is 4. The number of rotatable bonds is 9. The minimum Gasteiger partial charge on any atom is -0.494 e. The van der Waals surface area contributed by atoms with Crippen LogP contribution in [0.25, 0.3) is 22.3 Å². The van der Waals surface area contributed by atoms with E-state index < -0.39 is 11.7 Å². The van der Waals surface area contributed by atoms with Gasteiger partial charge < -0.3 is 20.4 Å². The Morgan fingerprint density at radius 1 is 1.00 bits per heavy atom. The Hall–Kier alpha value is -5.63. The standard InChI is InChI=1S/C29H24N6O5/c1-2-3-13-39-20-10-8-18(9-11-20)27(36)33-23-6-4-5-19-15-24(31-25(19)23)28(37)32-22-12-7-17(16-30)14-21(22)26-34-29(38)40-35-26/h4-12,14-15,31H,2-3,13H2,1H3,(H,32,37)(H,33,36)(H,34,35,38). The molecule has 0 saturated heterocycles. The van der Waals surface area contributed by atoms with Crippen molar-refractivity contribution in [1.29, 1.82) is 5.26 Å². The number of para-hydroxylation sites is 1. The number of nitrogens with zero attached hydrogens (tertiary/aromatic N) is 2. The maximum absolute atomic E-state index is 13.2. The van der Waals surface area contributed by atoms with E-state index in [4.69, 9.17) is 4.74 Å². The van der Waals surface area contributed by atoms with E-state index in [1.165, 1.54) is 18.2 Å². The van der Waals surface area contributed by atoms with Crippen molar-refractivity contribution < 1.29 is 18.8 Å². The fraction of sp³-hybridized carbons (Fsp3) is 0.138. The monoisotopic (exact) mass is 536 g/mol. The second kappa shape index (κ2) is 11.4. The predicted molar refractivity (Wildman–Crippen MR) is 148 cm³/mol. The number of aromatic nitrogens is 3. The van der Waals surface area contributed by atoms with Crippen LogP contribution in [0, 0.1) is 11.3 Å². The first kappa shape index (κ1) is 26.0. The minimum atomic E-state index is -0.768. The summed E-state index contributed by atoms with van der Waals surface area (Å²) in [6.45, 7) is 2.71. The molecular formula is C29H24N6O5. The lowest BCUT2D eigenvalue weighted by molar-refractivity contribution is 0.101. The zero-order valence-electron chi connectivity index (χ0n) is 21.4. The SMILES string of the molecule is CCCCOc1ccc(C(=O)Nc2cccc3cc(C(=O)Nc4ccc(C#N)cc4-c4noc(=O)[nH]4)[nH]c23)cc1. The number of aromatic amines is 2. The van der Waals surface area contributed by atoms with Crippen LogP contribution >= 0.6 is 0 Å². The van der Waals surface area contributed by atoms with Gasteiger partial charge in [0.2, 0.25) is 0 Å². The third-order valence-corrected chi connectivity index (χ3v) is 6.12. The Balaban J connectivity index is 1.35. The van der Waals surface area contributed by atoms with Gasteiger partial charge in [-0.1, -0.05) is 30.6 Å². The number of benzene rings is 3. The Morgan fingerprint density at radius 3 is 2.52 bits per heavy atom. The van der Waals surface area contributed by atoms with Gasteiger partial charge in [-0.05, 0) is 61.0 Å². The van der Waals surface area contributed by atoms with E-state index in [9.17, 15) is 19.6 Å². The van der Waals surface area contributed by atoms with Crippen LogP contribution in [0.2, 0.25) is 0 Å². The third-order valence-electron chi connectivity index (χ3n) is 6.12. The van der Waals surface area contributed by atoms with E-state index >= 15 is 0 Å². The van der Waals surface area contributed by atoms with Crippen LogP contribution in [0.1, 0.15) is 46.2 Å². The largest absolute Gasteiger partial charge is 0.494 e. The van der Waals surface area contributed by atoms with Gasteiger partial charge in [-0.25, -0.2) is 4.79 Å². The maximum Gasteiger partial charge on any atom is 0.439 e. The first-order chi connectivity index (χ1) is 19.4. The summed E-state index contributed by atoms with van der Waals surface area (Å²) in [7, 11) is 0. The number of ether oxygens (including phenoxy) is 1. The van der Waals surface area contributed by atoms with Gasteiger partial charge in [0.05, 0.1) is 35.1 Å². The highest BCUT2D eigenvalue weighted by molar-refractivity contribution is 6.11. The van der Waals surface area contributed by atoms with Crippen LogP contribution < -0.4 is 21.1 Å².